The summed E-state index contributed by atoms with van der Waals surface area (Å²) >= 11 is 0. The summed E-state index contributed by atoms with van der Waals surface area (Å²) in [5.41, 5.74) is 1.31. The Balaban J connectivity index is 2.19. The Labute approximate surface area is 121 Å². The molecule has 0 saturated carbocycles. The van der Waals surface area contributed by atoms with Gasteiger partial charge in [0.25, 0.3) is 11.6 Å². The predicted octanol–water partition coefficient (Wildman–Crippen LogP) is 1.96. The van der Waals surface area contributed by atoms with Crippen LogP contribution < -0.4 is 10.6 Å². The van der Waals surface area contributed by atoms with E-state index in [1.165, 1.54) is 12.1 Å². The highest BCUT2D eigenvalue weighted by Gasteiger charge is 2.20. The van der Waals surface area contributed by atoms with Gasteiger partial charge in [0.15, 0.2) is 0 Å². The number of anilines is 1. The number of aromatic nitrogens is 1. The summed E-state index contributed by atoms with van der Waals surface area (Å²) in [6.45, 7) is 0.280. The van der Waals surface area contributed by atoms with Gasteiger partial charge in [-0.25, -0.2) is 0 Å². The molecule has 0 fully saturated rings. The third-order valence-corrected chi connectivity index (χ3v) is 2.93. The smallest absolute Gasteiger partial charge is 0.282 e. The predicted molar refractivity (Wildman–Crippen MR) is 78.1 cm³/mol. The van der Waals surface area contributed by atoms with Crippen molar-refractivity contribution < 1.29 is 9.72 Å². The average molecular weight is 286 g/mol. The van der Waals surface area contributed by atoms with E-state index in [1.807, 2.05) is 0 Å². The van der Waals surface area contributed by atoms with Crippen LogP contribution in [0, 0.1) is 10.1 Å². The Kier molecular flexibility index (Phi) is 4.45. The monoisotopic (exact) mass is 286 g/mol. The first-order chi connectivity index (χ1) is 10.1. The minimum atomic E-state index is -0.569. The van der Waals surface area contributed by atoms with Crippen LogP contribution in [-0.2, 0) is 6.54 Å². The van der Waals surface area contributed by atoms with Crippen molar-refractivity contribution in [1.29, 1.82) is 0 Å². The van der Waals surface area contributed by atoms with Crippen LogP contribution in [-0.4, -0.2) is 22.9 Å². The lowest BCUT2D eigenvalue weighted by atomic mass is 10.1. The number of nitrogens with zero attached hydrogens (tertiary/aromatic N) is 2. The molecule has 0 aliphatic carbocycles. The molecule has 0 bridgehead atoms. The summed E-state index contributed by atoms with van der Waals surface area (Å²) in [6.07, 6.45) is 3.23. The van der Waals surface area contributed by atoms with Gasteiger partial charge in [-0.05, 0) is 29.8 Å². The molecule has 1 aromatic heterocycles. The molecule has 2 rings (SSSR count). The van der Waals surface area contributed by atoms with Crippen molar-refractivity contribution in [2.75, 3.05) is 12.4 Å². The molecule has 0 radical (unpaired) electrons. The molecule has 1 heterocycles. The van der Waals surface area contributed by atoms with Gasteiger partial charge in [0.2, 0.25) is 0 Å². The van der Waals surface area contributed by atoms with Crippen LogP contribution in [0.5, 0.6) is 0 Å². The fourth-order valence-electron chi connectivity index (χ4n) is 1.81. The summed E-state index contributed by atoms with van der Waals surface area (Å²) in [5.74, 6) is -0.490. The van der Waals surface area contributed by atoms with E-state index < -0.39 is 10.8 Å². The summed E-state index contributed by atoms with van der Waals surface area (Å²) in [5, 5.41) is 16.5. The van der Waals surface area contributed by atoms with E-state index in [0.717, 1.165) is 5.56 Å². The lowest BCUT2D eigenvalue weighted by Gasteiger charge is -2.07. The number of carbonyl (C=O) groups excluding carboxylic acids is 1. The molecule has 1 amide bonds. The number of hydrogen-bond acceptors (Lipinski definition) is 5. The number of pyridine rings is 1. The van der Waals surface area contributed by atoms with Crippen molar-refractivity contribution in [2.24, 2.45) is 0 Å². The third-order valence-electron chi connectivity index (χ3n) is 2.93. The Morgan fingerprint density at radius 1 is 1.29 bits per heavy atom. The number of amides is 1. The molecule has 0 aliphatic heterocycles. The van der Waals surface area contributed by atoms with Crippen molar-refractivity contribution in [3.8, 4) is 0 Å². The summed E-state index contributed by atoms with van der Waals surface area (Å²) in [6, 6.07) is 7.85. The van der Waals surface area contributed by atoms with E-state index in [-0.39, 0.29) is 17.8 Å². The van der Waals surface area contributed by atoms with Crippen LogP contribution in [0.25, 0.3) is 0 Å². The van der Waals surface area contributed by atoms with Gasteiger partial charge in [-0.15, -0.1) is 0 Å². The van der Waals surface area contributed by atoms with Crippen LogP contribution in [0.4, 0.5) is 11.4 Å². The zero-order valence-electron chi connectivity index (χ0n) is 11.4. The van der Waals surface area contributed by atoms with Gasteiger partial charge in [-0.2, -0.15) is 0 Å². The van der Waals surface area contributed by atoms with Crippen molar-refractivity contribution in [2.45, 2.75) is 6.54 Å². The molecule has 1 aromatic carbocycles. The third kappa shape index (κ3) is 3.53. The van der Waals surface area contributed by atoms with Gasteiger partial charge in [0.05, 0.1) is 4.92 Å². The first-order valence-electron chi connectivity index (χ1n) is 6.25. The molecule has 2 N–H and O–H groups in total. The van der Waals surface area contributed by atoms with E-state index >= 15 is 0 Å². The van der Waals surface area contributed by atoms with E-state index in [1.54, 1.807) is 37.6 Å². The maximum absolute atomic E-state index is 12.2. The van der Waals surface area contributed by atoms with Crippen molar-refractivity contribution in [3.63, 3.8) is 0 Å². The van der Waals surface area contributed by atoms with Crippen LogP contribution >= 0.6 is 0 Å². The van der Waals surface area contributed by atoms with Crippen molar-refractivity contribution >= 4 is 17.3 Å². The second-order valence-electron chi connectivity index (χ2n) is 4.28. The Bertz CT molecular complexity index is 659. The van der Waals surface area contributed by atoms with Crippen LogP contribution in [0.3, 0.4) is 0 Å². The van der Waals surface area contributed by atoms with Crippen LogP contribution in [0.1, 0.15) is 15.9 Å². The van der Waals surface area contributed by atoms with Crippen LogP contribution in [0.15, 0.2) is 42.7 Å². The zero-order chi connectivity index (χ0) is 15.2. The van der Waals surface area contributed by atoms with Gasteiger partial charge in [-0.1, -0.05) is 0 Å². The maximum atomic E-state index is 12.2. The van der Waals surface area contributed by atoms with Crippen molar-refractivity contribution in [3.05, 3.63) is 64.0 Å². The van der Waals surface area contributed by atoms with E-state index in [4.69, 9.17) is 0 Å². The first-order valence-corrected chi connectivity index (χ1v) is 6.25. The normalized spacial score (nSPS) is 9.95. The van der Waals surface area contributed by atoms with Gasteiger partial charge in [0.1, 0.15) is 5.56 Å². The Morgan fingerprint density at radius 3 is 2.62 bits per heavy atom. The van der Waals surface area contributed by atoms with Crippen LogP contribution in [0.2, 0.25) is 0 Å². The molecule has 7 nitrogen and oxygen atoms in total. The fourth-order valence-corrected chi connectivity index (χ4v) is 1.81. The Hall–Kier alpha value is -2.96. The lowest BCUT2D eigenvalue weighted by Crippen LogP contribution is -2.23. The minimum absolute atomic E-state index is 0.0286. The molecular weight excluding hydrogens is 272 g/mol. The van der Waals surface area contributed by atoms with Gasteiger partial charge in [-0.3, -0.25) is 19.9 Å². The van der Waals surface area contributed by atoms with E-state index in [2.05, 4.69) is 15.6 Å². The van der Waals surface area contributed by atoms with Crippen molar-refractivity contribution in [1.82, 2.24) is 10.3 Å². The van der Waals surface area contributed by atoms with Gasteiger partial charge < -0.3 is 10.6 Å². The maximum Gasteiger partial charge on any atom is 0.282 e. The minimum Gasteiger partial charge on any atom is -0.388 e. The second-order valence-corrected chi connectivity index (χ2v) is 4.28. The standard InChI is InChI=1S/C14H14N4O3/c1-15-11-2-3-13(18(20)21)12(8-11)14(19)17-9-10-4-6-16-7-5-10/h2-8,15H,9H2,1H3,(H,17,19). The Morgan fingerprint density at radius 2 is 2.00 bits per heavy atom. The molecule has 0 unspecified atom stereocenters. The largest absolute Gasteiger partial charge is 0.388 e. The second kappa shape index (κ2) is 6.47. The number of nitrogens with one attached hydrogen (secondary N) is 2. The quantitative estimate of drug-likeness (QED) is 0.647. The van der Waals surface area contributed by atoms with Gasteiger partial charge >= 0.3 is 0 Å². The molecule has 0 saturated heterocycles. The topological polar surface area (TPSA) is 97.2 Å². The highest BCUT2D eigenvalue weighted by molar-refractivity contribution is 5.99. The number of benzene rings is 1. The molecule has 0 spiro atoms. The molecular formula is C14H14N4O3. The molecule has 0 atom stereocenters. The highest BCUT2D eigenvalue weighted by atomic mass is 16.6. The lowest BCUT2D eigenvalue weighted by molar-refractivity contribution is -0.385. The number of nitro groups is 1. The first kappa shape index (κ1) is 14.4. The number of hydrogen-bond donors (Lipinski definition) is 2. The molecule has 108 valence electrons. The molecule has 21 heavy (non-hydrogen) atoms. The molecule has 7 heteroatoms. The number of rotatable bonds is 5. The average Bonchev–Trinajstić information content (AvgIpc) is 2.52. The fraction of sp³-hybridized carbons (Fsp3) is 0.143. The SMILES string of the molecule is CNc1ccc([N+](=O)[O-])c(C(=O)NCc2ccncc2)c1. The highest BCUT2D eigenvalue weighted by Crippen LogP contribution is 2.22. The summed E-state index contributed by atoms with van der Waals surface area (Å²) < 4.78 is 0. The zero-order valence-corrected chi connectivity index (χ0v) is 11.4. The molecule has 0 aliphatic rings. The molecule has 2 aromatic rings. The van der Waals surface area contributed by atoms with E-state index in [0.29, 0.717) is 5.69 Å². The number of nitro benzene ring substituents is 1. The summed E-state index contributed by atoms with van der Waals surface area (Å²) in [7, 11) is 1.68. The number of carbonyl (C=O) groups is 1. The van der Waals surface area contributed by atoms with Gasteiger partial charge in [0, 0.05) is 37.7 Å². The van der Waals surface area contributed by atoms with E-state index in [9.17, 15) is 14.9 Å². The summed E-state index contributed by atoms with van der Waals surface area (Å²) in [4.78, 5) is 26.5.